The second kappa shape index (κ2) is 6.69. The molecule has 0 fully saturated rings. The minimum atomic E-state index is -0.737. The van der Waals surface area contributed by atoms with Crippen LogP contribution in [0.1, 0.15) is 36.7 Å². The van der Waals surface area contributed by atoms with Gasteiger partial charge in [0, 0.05) is 5.57 Å². The number of nitrogens with zero attached hydrogens (tertiary/aromatic N) is 1. The van der Waals surface area contributed by atoms with Gasteiger partial charge in [-0.25, -0.2) is 9.18 Å². The second-order valence-electron chi connectivity index (χ2n) is 5.76. The van der Waals surface area contributed by atoms with Crippen molar-refractivity contribution in [3.63, 3.8) is 0 Å². The van der Waals surface area contributed by atoms with Crippen molar-refractivity contribution in [2.24, 2.45) is 11.1 Å². The highest BCUT2D eigenvalue weighted by Gasteiger charge is 2.20. The van der Waals surface area contributed by atoms with Crippen molar-refractivity contribution in [3.05, 3.63) is 58.4 Å². The summed E-state index contributed by atoms with van der Waals surface area (Å²) < 4.78 is 13.2. The van der Waals surface area contributed by atoms with Crippen LogP contribution in [-0.2, 0) is 9.63 Å². The third-order valence-corrected chi connectivity index (χ3v) is 3.60. The van der Waals surface area contributed by atoms with Crippen molar-refractivity contribution in [3.8, 4) is 0 Å². The van der Waals surface area contributed by atoms with Gasteiger partial charge in [-0.2, -0.15) is 0 Å². The lowest BCUT2D eigenvalue weighted by Gasteiger charge is -2.14. The SMILES string of the molecule is CC1=CC(=O)C(C(C)C)=CC1=NOC(=O)c1cc(F)ccc1C. The van der Waals surface area contributed by atoms with Crippen LogP contribution >= 0.6 is 0 Å². The van der Waals surface area contributed by atoms with E-state index in [2.05, 4.69) is 5.16 Å². The molecule has 0 unspecified atom stereocenters. The maximum Gasteiger partial charge on any atom is 0.366 e. The normalized spacial score (nSPS) is 16.4. The summed E-state index contributed by atoms with van der Waals surface area (Å²) in [6, 6.07) is 3.88. The number of oxime groups is 1. The first-order valence-electron chi connectivity index (χ1n) is 7.29. The van der Waals surface area contributed by atoms with E-state index in [0.29, 0.717) is 22.4 Å². The molecule has 5 heteroatoms. The Labute approximate surface area is 134 Å². The van der Waals surface area contributed by atoms with E-state index in [1.165, 1.54) is 18.2 Å². The Balaban J connectivity index is 2.25. The van der Waals surface area contributed by atoms with Gasteiger partial charge in [-0.3, -0.25) is 4.79 Å². The summed E-state index contributed by atoms with van der Waals surface area (Å²) in [7, 11) is 0. The fraction of sp³-hybridized carbons (Fsp3) is 0.278. The summed E-state index contributed by atoms with van der Waals surface area (Å²) in [5.41, 5.74) is 2.35. The zero-order chi connectivity index (χ0) is 17.1. The van der Waals surface area contributed by atoms with Crippen molar-refractivity contribution in [1.29, 1.82) is 0 Å². The first kappa shape index (κ1) is 16.8. The molecule has 0 bridgehead atoms. The van der Waals surface area contributed by atoms with Crippen LogP contribution in [0.2, 0.25) is 0 Å². The smallest absolute Gasteiger partial charge is 0.312 e. The average Bonchev–Trinajstić information content (AvgIpc) is 2.48. The van der Waals surface area contributed by atoms with Crippen LogP contribution < -0.4 is 0 Å². The molecule has 0 heterocycles. The van der Waals surface area contributed by atoms with Gasteiger partial charge in [0.25, 0.3) is 0 Å². The van der Waals surface area contributed by atoms with E-state index >= 15 is 0 Å². The number of allylic oxidation sites excluding steroid dienone is 4. The average molecular weight is 315 g/mol. The van der Waals surface area contributed by atoms with E-state index in [1.807, 2.05) is 13.8 Å². The van der Waals surface area contributed by atoms with Gasteiger partial charge in [-0.05, 0) is 55.2 Å². The predicted octanol–water partition coefficient (Wildman–Crippen LogP) is 3.76. The van der Waals surface area contributed by atoms with Crippen LogP contribution in [0.4, 0.5) is 4.39 Å². The molecule has 0 atom stereocenters. The Kier molecular flexibility index (Phi) is 4.89. The number of halogens is 1. The molecule has 1 aromatic carbocycles. The molecule has 1 aliphatic rings. The Morgan fingerprint density at radius 1 is 1.22 bits per heavy atom. The maximum atomic E-state index is 13.2. The molecule has 1 aromatic rings. The van der Waals surface area contributed by atoms with E-state index in [0.717, 1.165) is 6.07 Å². The Morgan fingerprint density at radius 3 is 2.57 bits per heavy atom. The maximum absolute atomic E-state index is 13.2. The molecule has 0 radical (unpaired) electrons. The van der Waals surface area contributed by atoms with Crippen molar-refractivity contribution < 1.29 is 18.8 Å². The van der Waals surface area contributed by atoms with Gasteiger partial charge in [0.1, 0.15) is 11.5 Å². The van der Waals surface area contributed by atoms with E-state index in [9.17, 15) is 14.0 Å². The van der Waals surface area contributed by atoms with Crippen LogP contribution in [0.25, 0.3) is 0 Å². The van der Waals surface area contributed by atoms with Crippen LogP contribution in [-0.4, -0.2) is 17.5 Å². The van der Waals surface area contributed by atoms with Gasteiger partial charge in [-0.15, -0.1) is 0 Å². The fourth-order valence-electron chi connectivity index (χ4n) is 2.19. The number of rotatable bonds is 3. The first-order valence-corrected chi connectivity index (χ1v) is 7.29. The molecule has 0 aromatic heterocycles. The Bertz CT molecular complexity index is 758. The largest absolute Gasteiger partial charge is 0.366 e. The molecule has 0 aliphatic heterocycles. The fourth-order valence-corrected chi connectivity index (χ4v) is 2.19. The summed E-state index contributed by atoms with van der Waals surface area (Å²) in [6.07, 6.45) is 3.09. The zero-order valence-corrected chi connectivity index (χ0v) is 13.5. The molecule has 0 N–H and O–H groups in total. The molecular weight excluding hydrogens is 297 g/mol. The molecule has 0 saturated heterocycles. The Morgan fingerprint density at radius 2 is 1.91 bits per heavy atom. The summed E-state index contributed by atoms with van der Waals surface area (Å²) in [5, 5.41) is 3.83. The molecule has 0 amide bonds. The summed E-state index contributed by atoms with van der Waals surface area (Å²) >= 11 is 0. The Hall–Kier alpha value is -2.56. The zero-order valence-electron chi connectivity index (χ0n) is 13.5. The number of hydrogen-bond acceptors (Lipinski definition) is 4. The molecule has 4 nitrogen and oxygen atoms in total. The minimum Gasteiger partial charge on any atom is -0.312 e. The van der Waals surface area contributed by atoms with Crippen LogP contribution in [0.5, 0.6) is 0 Å². The van der Waals surface area contributed by atoms with Crippen LogP contribution in [0.3, 0.4) is 0 Å². The first-order chi connectivity index (χ1) is 10.8. The van der Waals surface area contributed by atoms with Crippen molar-refractivity contribution >= 4 is 17.5 Å². The van der Waals surface area contributed by atoms with E-state index in [-0.39, 0.29) is 17.3 Å². The summed E-state index contributed by atoms with van der Waals surface area (Å²) in [5.74, 6) is -1.28. The van der Waals surface area contributed by atoms with Gasteiger partial charge in [0.15, 0.2) is 5.78 Å². The van der Waals surface area contributed by atoms with Gasteiger partial charge in [0.2, 0.25) is 0 Å². The molecule has 120 valence electrons. The van der Waals surface area contributed by atoms with Crippen molar-refractivity contribution in [2.45, 2.75) is 27.7 Å². The monoisotopic (exact) mass is 315 g/mol. The van der Waals surface area contributed by atoms with E-state index < -0.39 is 11.8 Å². The number of carbonyl (C=O) groups excluding carboxylic acids is 2. The molecule has 23 heavy (non-hydrogen) atoms. The van der Waals surface area contributed by atoms with E-state index in [1.54, 1.807) is 19.9 Å². The molecule has 2 rings (SSSR count). The predicted molar refractivity (Wildman–Crippen MR) is 85.7 cm³/mol. The third kappa shape index (κ3) is 3.80. The highest BCUT2D eigenvalue weighted by atomic mass is 19.1. The molecular formula is C18H18FNO3. The molecule has 0 spiro atoms. The van der Waals surface area contributed by atoms with E-state index in [4.69, 9.17) is 4.84 Å². The highest BCUT2D eigenvalue weighted by molar-refractivity contribution is 6.21. The summed E-state index contributed by atoms with van der Waals surface area (Å²) in [4.78, 5) is 28.9. The highest BCUT2D eigenvalue weighted by Crippen LogP contribution is 2.20. The number of ketones is 1. The van der Waals surface area contributed by atoms with Gasteiger partial charge in [-0.1, -0.05) is 25.1 Å². The number of benzene rings is 1. The molecule has 0 saturated carbocycles. The third-order valence-electron chi connectivity index (χ3n) is 3.60. The van der Waals surface area contributed by atoms with Gasteiger partial charge >= 0.3 is 5.97 Å². The lowest BCUT2D eigenvalue weighted by molar-refractivity contribution is -0.111. The standard InChI is InChI=1S/C18H18FNO3/c1-10(2)14-9-16(12(4)7-17(14)21)20-23-18(22)15-8-13(19)6-5-11(15)3/h5-10H,1-4H3. The number of carbonyl (C=O) groups is 2. The van der Waals surface area contributed by atoms with Crippen LogP contribution in [0.15, 0.2) is 46.7 Å². The summed E-state index contributed by atoms with van der Waals surface area (Å²) in [6.45, 7) is 7.20. The van der Waals surface area contributed by atoms with Gasteiger partial charge in [0.05, 0.1) is 5.56 Å². The van der Waals surface area contributed by atoms with Crippen LogP contribution in [0, 0.1) is 18.7 Å². The van der Waals surface area contributed by atoms with Crippen molar-refractivity contribution in [2.75, 3.05) is 0 Å². The number of hydrogen-bond donors (Lipinski definition) is 0. The van der Waals surface area contributed by atoms with Crippen molar-refractivity contribution in [1.82, 2.24) is 0 Å². The van der Waals surface area contributed by atoms with Gasteiger partial charge < -0.3 is 4.84 Å². The number of aryl methyl sites for hydroxylation is 1. The minimum absolute atomic E-state index is 0.0400. The lowest BCUT2D eigenvalue weighted by Crippen LogP contribution is -2.16. The molecule has 1 aliphatic carbocycles. The second-order valence-corrected chi connectivity index (χ2v) is 5.76. The quantitative estimate of drug-likeness (QED) is 0.485. The lowest BCUT2D eigenvalue weighted by atomic mass is 9.90. The topological polar surface area (TPSA) is 55.7 Å².